The van der Waals surface area contributed by atoms with E-state index in [1.807, 2.05) is 17.5 Å². The Kier molecular flexibility index (Phi) is 4.36. The number of benzene rings is 1. The first-order chi connectivity index (χ1) is 12.5. The minimum absolute atomic E-state index is 0.218. The zero-order valence-electron chi connectivity index (χ0n) is 13.0. The van der Waals surface area contributed by atoms with E-state index in [1.165, 1.54) is 17.4 Å². The van der Waals surface area contributed by atoms with Crippen molar-refractivity contribution < 1.29 is 4.79 Å². The Balaban J connectivity index is 1.88. The molecule has 0 saturated heterocycles. The van der Waals surface area contributed by atoms with Gasteiger partial charge in [-0.25, -0.2) is 0 Å². The number of ketones is 1. The molecule has 0 saturated carbocycles. The van der Waals surface area contributed by atoms with Crippen molar-refractivity contribution in [1.29, 1.82) is 0 Å². The van der Waals surface area contributed by atoms with Crippen molar-refractivity contribution in [3.05, 3.63) is 72.6 Å². The number of anilines is 1. The number of hydrogen-bond acceptors (Lipinski definition) is 5. The van der Waals surface area contributed by atoms with Gasteiger partial charge < -0.3 is 10.7 Å². The van der Waals surface area contributed by atoms with Gasteiger partial charge in [-0.15, -0.1) is 22.7 Å². The number of nitrogens with one attached hydrogen (secondary N) is 1. The van der Waals surface area contributed by atoms with Crippen molar-refractivity contribution in [3.63, 3.8) is 0 Å². The maximum atomic E-state index is 12.9. The van der Waals surface area contributed by atoms with Crippen LogP contribution in [0.1, 0.15) is 15.2 Å². The fourth-order valence-corrected chi connectivity index (χ4v) is 4.94. The van der Waals surface area contributed by atoms with Crippen LogP contribution < -0.4 is 11.3 Å². The van der Waals surface area contributed by atoms with Crippen LogP contribution in [0.4, 0.5) is 5.69 Å². The van der Waals surface area contributed by atoms with E-state index in [4.69, 9.17) is 28.9 Å². The van der Waals surface area contributed by atoms with E-state index in [-0.39, 0.29) is 16.4 Å². The number of carbonyl (C=O) groups excluding carboxylic acids is 1. The molecule has 0 aliphatic heterocycles. The lowest BCUT2D eigenvalue weighted by Crippen LogP contribution is -2.07. The lowest BCUT2D eigenvalue weighted by molar-refractivity contribution is 0.104. The van der Waals surface area contributed by atoms with Crippen molar-refractivity contribution in [2.45, 2.75) is 0 Å². The number of hydrogen-bond donors (Lipinski definition) is 2. The summed E-state index contributed by atoms with van der Waals surface area (Å²) in [6.07, 6.45) is 0. The lowest BCUT2D eigenvalue weighted by atomic mass is 10.1. The van der Waals surface area contributed by atoms with E-state index in [9.17, 15) is 9.59 Å². The number of halogens is 2. The first-order valence-electron chi connectivity index (χ1n) is 7.44. The van der Waals surface area contributed by atoms with Crippen LogP contribution in [-0.2, 0) is 0 Å². The first kappa shape index (κ1) is 17.3. The number of aromatic amines is 1. The number of thiophene rings is 2. The van der Waals surface area contributed by atoms with E-state index < -0.39 is 0 Å². The van der Waals surface area contributed by atoms with Gasteiger partial charge in [-0.2, -0.15) is 0 Å². The monoisotopic (exact) mass is 420 g/mol. The molecule has 8 heteroatoms. The Bertz CT molecular complexity index is 1210. The zero-order chi connectivity index (χ0) is 18.4. The molecule has 0 aliphatic carbocycles. The molecule has 4 aromatic rings. The van der Waals surface area contributed by atoms with Crippen LogP contribution >= 0.6 is 45.9 Å². The van der Waals surface area contributed by atoms with Gasteiger partial charge in [-0.05, 0) is 35.7 Å². The van der Waals surface area contributed by atoms with Gasteiger partial charge in [0.15, 0.2) is 0 Å². The summed E-state index contributed by atoms with van der Waals surface area (Å²) in [5, 5.41) is 3.24. The minimum atomic E-state index is -0.302. The fourth-order valence-electron chi connectivity index (χ4n) is 2.65. The topological polar surface area (TPSA) is 76.0 Å². The van der Waals surface area contributed by atoms with Gasteiger partial charge in [0.05, 0.1) is 16.3 Å². The summed E-state index contributed by atoms with van der Waals surface area (Å²) in [5.74, 6) is -0.302. The van der Waals surface area contributed by atoms with Crippen LogP contribution in [0.25, 0.3) is 20.7 Å². The summed E-state index contributed by atoms with van der Waals surface area (Å²) in [6.45, 7) is 0. The average Bonchev–Trinajstić information content (AvgIpc) is 3.22. The van der Waals surface area contributed by atoms with Crippen LogP contribution in [0.2, 0.25) is 10.0 Å². The first-order valence-corrected chi connectivity index (χ1v) is 9.90. The summed E-state index contributed by atoms with van der Waals surface area (Å²) in [5.41, 5.74) is 7.19. The molecular weight excluding hydrogens is 411 g/mol. The highest BCUT2D eigenvalue weighted by atomic mass is 35.5. The predicted molar refractivity (Wildman–Crippen MR) is 110 cm³/mol. The van der Waals surface area contributed by atoms with E-state index in [0.717, 1.165) is 16.2 Å². The predicted octanol–water partition coefficient (Wildman–Crippen LogP) is 5.44. The number of fused-ring (bicyclic) bond motifs is 1. The molecule has 0 atom stereocenters. The van der Waals surface area contributed by atoms with Gasteiger partial charge in [0, 0.05) is 20.8 Å². The van der Waals surface area contributed by atoms with Crippen molar-refractivity contribution >= 4 is 67.6 Å². The highest BCUT2D eigenvalue weighted by Gasteiger charge is 2.21. The highest BCUT2D eigenvalue weighted by Crippen LogP contribution is 2.36. The van der Waals surface area contributed by atoms with Crippen molar-refractivity contribution in [2.24, 2.45) is 0 Å². The normalized spacial score (nSPS) is 11.2. The molecular formula is C18H10Cl2N2O2S2. The molecule has 1 aromatic carbocycles. The Labute approximate surface area is 165 Å². The van der Waals surface area contributed by atoms with Gasteiger partial charge in [0.25, 0.3) is 5.56 Å². The highest BCUT2D eigenvalue weighted by molar-refractivity contribution is 7.21. The Hall–Kier alpha value is -2.12. The second-order valence-corrected chi connectivity index (χ2v) is 8.34. The average molecular weight is 421 g/mol. The number of nitrogens with two attached hydrogens (primary N) is 1. The van der Waals surface area contributed by atoms with E-state index in [1.54, 1.807) is 18.2 Å². The van der Waals surface area contributed by atoms with Crippen LogP contribution in [0.3, 0.4) is 0 Å². The second-order valence-electron chi connectivity index (χ2n) is 5.53. The number of rotatable bonds is 3. The minimum Gasteiger partial charge on any atom is -0.397 e. The molecule has 0 radical (unpaired) electrons. The lowest BCUT2D eigenvalue weighted by Gasteiger charge is -2.03. The van der Waals surface area contributed by atoms with Gasteiger partial charge >= 0.3 is 0 Å². The number of pyridine rings is 1. The van der Waals surface area contributed by atoms with Crippen molar-refractivity contribution in [2.75, 3.05) is 5.73 Å². The molecule has 3 aromatic heterocycles. The summed E-state index contributed by atoms with van der Waals surface area (Å²) in [4.78, 5) is 29.8. The summed E-state index contributed by atoms with van der Waals surface area (Å²) >= 11 is 14.6. The molecule has 0 aliphatic rings. The van der Waals surface area contributed by atoms with Crippen molar-refractivity contribution in [1.82, 2.24) is 4.98 Å². The van der Waals surface area contributed by atoms with Gasteiger partial charge in [-0.1, -0.05) is 29.3 Å². The molecule has 0 bridgehead atoms. The smallest absolute Gasteiger partial charge is 0.257 e. The number of H-pyrrole nitrogens is 1. The molecule has 0 unspecified atom stereocenters. The standard InChI is InChI=1S/C18H10Cl2N2O2S2/c19-8-3-4-9(12(20)6-8)15(23)16-14(21)11-7-10(13-2-1-5-25-13)17(24)22-18(11)26-16/h1-7H,21H2,(H,22,24). The summed E-state index contributed by atoms with van der Waals surface area (Å²) in [6, 6.07) is 10.1. The maximum Gasteiger partial charge on any atom is 0.257 e. The number of nitrogen functional groups attached to an aromatic ring is 1. The molecule has 4 nitrogen and oxygen atoms in total. The third-order valence-electron chi connectivity index (χ3n) is 3.91. The Morgan fingerprint density at radius 1 is 1.15 bits per heavy atom. The molecule has 0 fully saturated rings. The van der Waals surface area contributed by atoms with E-state index in [0.29, 0.717) is 36.9 Å². The Morgan fingerprint density at radius 2 is 1.96 bits per heavy atom. The van der Waals surface area contributed by atoms with Crippen LogP contribution in [-0.4, -0.2) is 10.8 Å². The van der Waals surface area contributed by atoms with E-state index in [2.05, 4.69) is 4.98 Å². The van der Waals surface area contributed by atoms with Crippen LogP contribution in [0.5, 0.6) is 0 Å². The fraction of sp³-hybridized carbons (Fsp3) is 0. The third kappa shape index (κ3) is 2.85. The van der Waals surface area contributed by atoms with E-state index >= 15 is 0 Å². The summed E-state index contributed by atoms with van der Waals surface area (Å²) in [7, 11) is 0. The quantitative estimate of drug-likeness (QED) is 0.433. The largest absolute Gasteiger partial charge is 0.397 e. The molecule has 26 heavy (non-hydrogen) atoms. The maximum absolute atomic E-state index is 12.9. The third-order valence-corrected chi connectivity index (χ3v) is 6.50. The molecule has 3 heterocycles. The zero-order valence-corrected chi connectivity index (χ0v) is 16.2. The number of carbonyl (C=O) groups is 1. The number of aromatic nitrogens is 1. The molecule has 130 valence electrons. The molecule has 0 spiro atoms. The SMILES string of the molecule is Nc1c(C(=O)c2ccc(Cl)cc2Cl)sc2[nH]c(=O)c(-c3cccs3)cc12. The van der Waals surface area contributed by atoms with Crippen LogP contribution in [0.15, 0.2) is 46.6 Å². The summed E-state index contributed by atoms with van der Waals surface area (Å²) < 4.78 is 0. The van der Waals surface area contributed by atoms with Gasteiger partial charge in [0.2, 0.25) is 5.78 Å². The van der Waals surface area contributed by atoms with Crippen LogP contribution in [0, 0.1) is 0 Å². The van der Waals surface area contributed by atoms with Gasteiger partial charge in [-0.3, -0.25) is 9.59 Å². The Morgan fingerprint density at radius 3 is 2.65 bits per heavy atom. The molecule has 0 amide bonds. The molecule has 4 rings (SSSR count). The second kappa shape index (κ2) is 6.55. The van der Waals surface area contributed by atoms with Gasteiger partial charge in [0.1, 0.15) is 9.71 Å². The molecule has 3 N–H and O–H groups in total. The van der Waals surface area contributed by atoms with Crippen molar-refractivity contribution in [3.8, 4) is 10.4 Å².